The Bertz CT molecular complexity index is 693. The van der Waals surface area contributed by atoms with Crippen LogP contribution in [0.1, 0.15) is 26.3 Å². The van der Waals surface area contributed by atoms with Crippen LogP contribution < -0.4 is 14.8 Å². The van der Waals surface area contributed by atoms with Gasteiger partial charge in [0.2, 0.25) is 0 Å². The number of amides is 1. The Morgan fingerprint density at radius 2 is 1.96 bits per heavy atom. The Balaban J connectivity index is 0.00000301. The smallest absolute Gasteiger partial charge is 0.281 e. The summed E-state index contributed by atoms with van der Waals surface area (Å²) in [6.45, 7) is 9.14. The number of allylic oxidation sites excluding steroid dienone is 3. The molecule has 1 rings (SSSR count). The van der Waals surface area contributed by atoms with Gasteiger partial charge in [-0.15, -0.1) is 0 Å². The highest BCUT2D eigenvalue weighted by molar-refractivity contribution is 5.97. The maximum absolute atomic E-state index is 12.3. The Labute approximate surface area is 154 Å². The average Bonchev–Trinajstić information content (AvgIpc) is 2.67. The topological polar surface area (TPSA) is 90.7 Å². The summed E-state index contributed by atoms with van der Waals surface area (Å²) in [7, 11) is 3.05. The van der Waals surface area contributed by atoms with E-state index in [2.05, 4.69) is 11.9 Å². The normalized spacial score (nSPS) is 11.0. The zero-order chi connectivity index (χ0) is 20.1. The molecule has 0 saturated carbocycles. The van der Waals surface area contributed by atoms with Crippen molar-refractivity contribution in [3.05, 3.63) is 70.0 Å². The third-order valence-electron chi connectivity index (χ3n) is 3.22. The molecule has 1 aromatic carbocycles. The predicted octanol–water partition coefficient (Wildman–Crippen LogP) is 3.64. The third-order valence-corrected chi connectivity index (χ3v) is 3.22. The molecule has 0 heterocycles. The molecular formula is C19H26N2O5. The lowest BCUT2D eigenvalue weighted by atomic mass is 10.1. The summed E-state index contributed by atoms with van der Waals surface area (Å²) in [5.74, 6) is 0.619. The number of ether oxygens (including phenoxy) is 2. The van der Waals surface area contributed by atoms with Crippen molar-refractivity contribution in [3.63, 3.8) is 0 Å². The first-order valence-electron chi connectivity index (χ1n) is 8.11. The summed E-state index contributed by atoms with van der Waals surface area (Å²) in [6, 6.07) is 5.18. The molecule has 0 spiro atoms. The lowest BCUT2D eigenvalue weighted by Crippen LogP contribution is -2.27. The molecule has 142 valence electrons. The van der Waals surface area contributed by atoms with Gasteiger partial charge in [0.25, 0.3) is 11.6 Å². The van der Waals surface area contributed by atoms with E-state index in [4.69, 9.17) is 9.47 Å². The number of benzene rings is 1. The summed E-state index contributed by atoms with van der Waals surface area (Å²) in [5.41, 5.74) is 0.372. The molecule has 26 heavy (non-hydrogen) atoms. The fourth-order valence-corrected chi connectivity index (χ4v) is 2.02. The van der Waals surface area contributed by atoms with Crippen LogP contribution in [-0.4, -0.2) is 25.1 Å². The van der Waals surface area contributed by atoms with Crippen LogP contribution in [0.15, 0.2) is 54.3 Å². The van der Waals surface area contributed by atoms with E-state index in [1.807, 2.05) is 13.8 Å². The first-order chi connectivity index (χ1) is 12.5. The van der Waals surface area contributed by atoms with Gasteiger partial charge in [-0.25, -0.2) is 0 Å². The minimum absolute atomic E-state index is 0.0348. The highest BCUT2D eigenvalue weighted by atomic mass is 16.6. The summed E-state index contributed by atoms with van der Waals surface area (Å²) < 4.78 is 10.4. The Hall–Kier alpha value is -3.09. The van der Waals surface area contributed by atoms with Gasteiger partial charge in [0.15, 0.2) is 0 Å². The molecule has 0 aliphatic carbocycles. The van der Waals surface area contributed by atoms with Gasteiger partial charge < -0.3 is 14.8 Å². The molecule has 0 fully saturated rings. The van der Waals surface area contributed by atoms with Gasteiger partial charge in [-0.05, 0) is 19.1 Å². The standard InChI is InChI=1S/C17H20N2O5.C2H6/c1-5-7-15(19(21)22)14(6-2)17(20)18-11-12-8-9-13(23-3)10-16(12)24-4;1-2/h5-10H,1,11H2,2-4H3,(H,18,20);1-2H3/b14-6+,15-7+;. The van der Waals surface area contributed by atoms with Crippen LogP contribution in [0.2, 0.25) is 0 Å². The highest BCUT2D eigenvalue weighted by Crippen LogP contribution is 2.24. The van der Waals surface area contributed by atoms with E-state index in [1.54, 1.807) is 32.2 Å². The molecule has 0 radical (unpaired) electrons. The second-order valence-electron chi connectivity index (χ2n) is 4.61. The van der Waals surface area contributed by atoms with Crippen LogP contribution in [0.4, 0.5) is 0 Å². The van der Waals surface area contributed by atoms with E-state index >= 15 is 0 Å². The number of nitro groups is 1. The van der Waals surface area contributed by atoms with Crippen molar-refractivity contribution in [1.82, 2.24) is 5.32 Å². The SMILES string of the molecule is C=C/C=C(\C(=C/C)C(=O)NCc1ccc(OC)cc1OC)[N+](=O)[O-].CC. The van der Waals surface area contributed by atoms with E-state index < -0.39 is 10.8 Å². The van der Waals surface area contributed by atoms with Gasteiger partial charge in [0, 0.05) is 24.3 Å². The van der Waals surface area contributed by atoms with Crippen molar-refractivity contribution in [2.75, 3.05) is 14.2 Å². The number of hydrogen-bond donors (Lipinski definition) is 1. The van der Waals surface area contributed by atoms with Crippen LogP contribution in [0.5, 0.6) is 11.5 Å². The summed E-state index contributed by atoms with van der Waals surface area (Å²) >= 11 is 0. The molecule has 0 unspecified atom stereocenters. The number of carbonyl (C=O) groups is 1. The van der Waals surface area contributed by atoms with Crippen molar-refractivity contribution >= 4 is 5.91 Å². The van der Waals surface area contributed by atoms with E-state index in [9.17, 15) is 14.9 Å². The van der Waals surface area contributed by atoms with Gasteiger partial charge in [-0.3, -0.25) is 14.9 Å². The first kappa shape index (κ1) is 22.9. The molecule has 0 aliphatic heterocycles. The second-order valence-corrected chi connectivity index (χ2v) is 4.61. The van der Waals surface area contributed by atoms with E-state index in [0.29, 0.717) is 11.5 Å². The van der Waals surface area contributed by atoms with Crippen LogP contribution in [0.3, 0.4) is 0 Å². The van der Waals surface area contributed by atoms with Gasteiger partial charge in [-0.2, -0.15) is 0 Å². The van der Waals surface area contributed by atoms with Gasteiger partial charge in [0.1, 0.15) is 17.1 Å². The monoisotopic (exact) mass is 362 g/mol. The molecule has 0 saturated heterocycles. The molecule has 0 bridgehead atoms. The van der Waals surface area contributed by atoms with Gasteiger partial charge in [-0.1, -0.05) is 32.6 Å². The Kier molecular flexibility index (Phi) is 10.8. The minimum atomic E-state index is -0.620. The second kappa shape index (κ2) is 12.3. The quantitative estimate of drug-likeness (QED) is 0.330. The number of hydrogen-bond acceptors (Lipinski definition) is 5. The summed E-state index contributed by atoms with van der Waals surface area (Å²) in [4.78, 5) is 22.7. The molecule has 0 aliphatic rings. The van der Waals surface area contributed by atoms with E-state index in [-0.39, 0.29) is 17.8 Å². The van der Waals surface area contributed by atoms with Crippen molar-refractivity contribution in [1.29, 1.82) is 0 Å². The van der Waals surface area contributed by atoms with E-state index in [1.165, 1.54) is 25.3 Å². The molecule has 7 heteroatoms. The number of nitrogens with one attached hydrogen (secondary N) is 1. The summed E-state index contributed by atoms with van der Waals surface area (Å²) in [5, 5.41) is 13.7. The maximum atomic E-state index is 12.3. The molecule has 1 amide bonds. The fraction of sp³-hybridized carbons (Fsp3) is 0.316. The van der Waals surface area contributed by atoms with Gasteiger partial charge in [0.05, 0.1) is 19.1 Å². The number of nitrogens with zero attached hydrogens (tertiary/aromatic N) is 1. The lowest BCUT2D eigenvalue weighted by molar-refractivity contribution is -0.420. The predicted molar refractivity (Wildman–Crippen MR) is 102 cm³/mol. The number of methoxy groups -OCH3 is 2. The first-order valence-corrected chi connectivity index (χ1v) is 8.11. The number of rotatable bonds is 8. The van der Waals surface area contributed by atoms with Crippen molar-refractivity contribution in [3.8, 4) is 11.5 Å². The molecule has 0 aromatic heterocycles. The molecule has 7 nitrogen and oxygen atoms in total. The molecular weight excluding hydrogens is 336 g/mol. The largest absolute Gasteiger partial charge is 0.497 e. The van der Waals surface area contributed by atoms with Crippen molar-refractivity contribution in [2.45, 2.75) is 27.3 Å². The third kappa shape index (κ3) is 6.43. The Morgan fingerprint density at radius 3 is 2.42 bits per heavy atom. The average molecular weight is 362 g/mol. The van der Waals surface area contributed by atoms with Gasteiger partial charge >= 0.3 is 0 Å². The molecule has 1 aromatic rings. The highest BCUT2D eigenvalue weighted by Gasteiger charge is 2.22. The summed E-state index contributed by atoms with van der Waals surface area (Å²) in [6.07, 6.45) is 3.84. The number of carbonyl (C=O) groups excluding carboxylic acids is 1. The van der Waals surface area contributed by atoms with Crippen molar-refractivity contribution in [2.24, 2.45) is 0 Å². The lowest BCUT2D eigenvalue weighted by Gasteiger charge is -2.12. The van der Waals surface area contributed by atoms with Crippen molar-refractivity contribution < 1.29 is 19.2 Å². The maximum Gasteiger partial charge on any atom is 0.281 e. The zero-order valence-corrected chi connectivity index (χ0v) is 15.9. The molecule has 1 N–H and O–H groups in total. The van der Waals surface area contributed by atoms with Crippen LogP contribution in [0, 0.1) is 10.1 Å². The Morgan fingerprint density at radius 1 is 1.31 bits per heavy atom. The fourth-order valence-electron chi connectivity index (χ4n) is 2.02. The zero-order valence-electron chi connectivity index (χ0n) is 15.9. The molecule has 0 atom stereocenters. The van der Waals surface area contributed by atoms with Crippen LogP contribution >= 0.6 is 0 Å². The van der Waals surface area contributed by atoms with E-state index in [0.717, 1.165) is 5.56 Å². The van der Waals surface area contributed by atoms with Crippen LogP contribution in [0.25, 0.3) is 0 Å². The van der Waals surface area contributed by atoms with Crippen LogP contribution in [-0.2, 0) is 11.3 Å². The minimum Gasteiger partial charge on any atom is -0.497 e.